The number of carbonyl (C=O) groups excluding carboxylic acids is 3. The molecule has 10 heteroatoms. The van der Waals surface area contributed by atoms with Crippen LogP contribution in [0.3, 0.4) is 0 Å². The maximum Gasteiger partial charge on any atom is 0.416 e. The van der Waals surface area contributed by atoms with Crippen LogP contribution in [0.25, 0.3) is 0 Å². The predicted octanol–water partition coefficient (Wildman–Crippen LogP) is 4.69. The van der Waals surface area contributed by atoms with Gasteiger partial charge in [0.2, 0.25) is 0 Å². The van der Waals surface area contributed by atoms with Gasteiger partial charge in [-0.05, 0) is 51.5 Å². The average molecular weight is 431 g/mol. The minimum absolute atomic E-state index is 0.0180. The van der Waals surface area contributed by atoms with E-state index in [2.05, 4.69) is 10.3 Å². The number of ketones is 1. The fourth-order valence-electron chi connectivity index (χ4n) is 2.79. The molecule has 0 aliphatic heterocycles. The van der Waals surface area contributed by atoms with Crippen molar-refractivity contribution in [1.82, 2.24) is 4.98 Å². The highest BCUT2D eigenvalue weighted by Crippen LogP contribution is 2.34. The molecule has 1 aromatic carbocycles. The van der Waals surface area contributed by atoms with Gasteiger partial charge in [0.05, 0.1) is 16.3 Å². The number of benzene rings is 1. The highest BCUT2D eigenvalue weighted by atomic mass is 35.5. The standard InChI is InChI=1S/C19H18ClF3N2O4/c1-8-15(10(3)26)9(2)24-16(8)18(28)29-11(4)17(27)25-14-7-12(19(21,22)23)5-6-13(14)20/h5-7,11,24H,1-4H3,(H,25,27). The van der Waals surface area contributed by atoms with Gasteiger partial charge in [-0.2, -0.15) is 13.2 Å². The van der Waals surface area contributed by atoms with Crippen molar-refractivity contribution in [3.05, 3.63) is 51.3 Å². The van der Waals surface area contributed by atoms with Crippen LogP contribution in [-0.2, 0) is 15.7 Å². The fraction of sp³-hybridized carbons (Fsp3) is 0.316. The quantitative estimate of drug-likeness (QED) is 0.532. The van der Waals surface area contributed by atoms with Crippen LogP contribution < -0.4 is 5.32 Å². The number of aryl methyl sites for hydroxylation is 1. The first kappa shape index (κ1) is 22.5. The summed E-state index contributed by atoms with van der Waals surface area (Å²) in [7, 11) is 0. The number of anilines is 1. The maximum absolute atomic E-state index is 12.8. The molecule has 2 N–H and O–H groups in total. The molecule has 0 saturated carbocycles. The minimum Gasteiger partial charge on any atom is -0.448 e. The van der Waals surface area contributed by atoms with E-state index in [1.165, 1.54) is 13.8 Å². The van der Waals surface area contributed by atoms with Crippen LogP contribution in [0.5, 0.6) is 0 Å². The lowest BCUT2D eigenvalue weighted by molar-refractivity contribution is -0.137. The summed E-state index contributed by atoms with van der Waals surface area (Å²) in [6, 6.07) is 2.47. The lowest BCUT2D eigenvalue weighted by Gasteiger charge is -2.15. The number of H-pyrrole nitrogens is 1. The summed E-state index contributed by atoms with van der Waals surface area (Å²) >= 11 is 5.84. The molecule has 0 radical (unpaired) electrons. The van der Waals surface area contributed by atoms with Crippen molar-refractivity contribution >= 4 is 34.9 Å². The van der Waals surface area contributed by atoms with Crippen LogP contribution in [0.15, 0.2) is 18.2 Å². The van der Waals surface area contributed by atoms with Crippen LogP contribution in [0.2, 0.25) is 5.02 Å². The van der Waals surface area contributed by atoms with Gasteiger partial charge in [-0.15, -0.1) is 0 Å². The Balaban J connectivity index is 2.15. The number of halogens is 4. The first-order chi connectivity index (χ1) is 13.3. The van der Waals surface area contributed by atoms with Crippen LogP contribution in [0.1, 0.15) is 51.5 Å². The number of ether oxygens (including phenoxy) is 1. The Bertz CT molecular complexity index is 983. The second kappa shape index (κ2) is 8.28. The number of esters is 1. The van der Waals surface area contributed by atoms with Gasteiger partial charge in [-0.1, -0.05) is 11.6 Å². The van der Waals surface area contributed by atoms with Gasteiger partial charge in [0.15, 0.2) is 11.9 Å². The summed E-state index contributed by atoms with van der Waals surface area (Å²) < 4.78 is 43.6. The number of Topliss-reactive ketones (excluding diaryl/α,β-unsaturated/α-hetero) is 1. The van der Waals surface area contributed by atoms with Gasteiger partial charge in [0.1, 0.15) is 5.69 Å². The monoisotopic (exact) mass is 430 g/mol. The second-order valence-electron chi connectivity index (χ2n) is 6.41. The summed E-state index contributed by atoms with van der Waals surface area (Å²) in [5, 5.41) is 2.11. The number of carbonyl (C=O) groups is 3. The van der Waals surface area contributed by atoms with Crippen molar-refractivity contribution in [3.8, 4) is 0 Å². The van der Waals surface area contributed by atoms with E-state index < -0.39 is 29.7 Å². The number of nitrogens with one attached hydrogen (secondary N) is 2. The number of aromatic amines is 1. The molecule has 0 aliphatic rings. The summed E-state index contributed by atoms with van der Waals surface area (Å²) in [5.74, 6) is -1.98. The Hall–Kier alpha value is -2.81. The number of hydrogen-bond donors (Lipinski definition) is 2. The zero-order valence-corrected chi connectivity index (χ0v) is 16.7. The smallest absolute Gasteiger partial charge is 0.416 e. The number of alkyl halides is 3. The molecule has 1 atom stereocenters. The van der Waals surface area contributed by atoms with Crippen LogP contribution in [0, 0.1) is 13.8 Å². The second-order valence-corrected chi connectivity index (χ2v) is 6.82. The Morgan fingerprint density at radius 2 is 1.83 bits per heavy atom. The van der Waals surface area contributed by atoms with E-state index in [4.69, 9.17) is 16.3 Å². The van der Waals surface area contributed by atoms with Crippen molar-refractivity contribution < 1.29 is 32.3 Å². The molecule has 0 aliphatic carbocycles. The van der Waals surface area contributed by atoms with Crippen molar-refractivity contribution in [3.63, 3.8) is 0 Å². The predicted molar refractivity (Wildman–Crippen MR) is 100 cm³/mol. The Morgan fingerprint density at radius 3 is 2.34 bits per heavy atom. The van der Waals surface area contributed by atoms with Crippen molar-refractivity contribution in [2.75, 3.05) is 5.32 Å². The number of amides is 1. The molecule has 0 bridgehead atoms. The number of aromatic nitrogens is 1. The maximum atomic E-state index is 12.8. The van der Waals surface area contributed by atoms with Crippen LogP contribution in [0.4, 0.5) is 18.9 Å². The van der Waals surface area contributed by atoms with Gasteiger partial charge in [-0.3, -0.25) is 9.59 Å². The summed E-state index contributed by atoms with van der Waals surface area (Å²) in [4.78, 5) is 39.0. The third kappa shape index (κ3) is 4.97. The van der Waals surface area contributed by atoms with Gasteiger partial charge in [0, 0.05) is 11.3 Å². The molecule has 1 unspecified atom stereocenters. The van der Waals surface area contributed by atoms with E-state index in [1.54, 1.807) is 13.8 Å². The van der Waals surface area contributed by atoms with Crippen molar-refractivity contribution in [2.45, 2.75) is 40.0 Å². The van der Waals surface area contributed by atoms with E-state index >= 15 is 0 Å². The molecule has 6 nitrogen and oxygen atoms in total. The lowest BCUT2D eigenvalue weighted by atomic mass is 10.1. The topological polar surface area (TPSA) is 88.3 Å². The zero-order valence-electron chi connectivity index (χ0n) is 16.0. The van der Waals surface area contributed by atoms with E-state index in [1.807, 2.05) is 0 Å². The van der Waals surface area contributed by atoms with Gasteiger partial charge in [0.25, 0.3) is 5.91 Å². The Kier molecular flexibility index (Phi) is 6.42. The molecule has 1 aromatic heterocycles. The first-order valence-electron chi connectivity index (χ1n) is 8.41. The molecule has 29 heavy (non-hydrogen) atoms. The molecule has 0 fully saturated rings. The highest BCUT2D eigenvalue weighted by molar-refractivity contribution is 6.33. The molecular weight excluding hydrogens is 413 g/mol. The van der Waals surface area contributed by atoms with Crippen molar-refractivity contribution in [1.29, 1.82) is 0 Å². The summed E-state index contributed by atoms with van der Waals surface area (Å²) in [6.45, 7) is 5.79. The summed E-state index contributed by atoms with van der Waals surface area (Å²) in [5.41, 5.74) is -0.0196. The number of hydrogen-bond acceptors (Lipinski definition) is 4. The third-order valence-electron chi connectivity index (χ3n) is 4.20. The van der Waals surface area contributed by atoms with Gasteiger partial charge in [-0.25, -0.2) is 4.79 Å². The average Bonchev–Trinajstić information content (AvgIpc) is 2.90. The van der Waals surface area contributed by atoms with E-state index in [0.29, 0.717) is 22.9 Å². The van der Waals surface area contributed by atoms with Gasteiger partial charge < -0.3 is 15.0 Å². The molecule has 2 rings (SSSR count). The normalized spacial score (nSPS) is 12.4. The third-order valence-corrected chi connectivity index (χ3v) is 4.53. The molecule has 0 saturated heterocycles. The Morgan fingerprint density at radius 1 is 1.21 bits per heavy atom. The van der Waals surface area contributed by atoms with Crippen molar-refractivity contribution in [2.24, 2.45) is 0 Å². The SMILES string of the molecule is CC(=O)c1c(C)[nH]c(C(=O)OC(C)C(=O)Nc2cc(C(F)(F)F)ccc2Cl)c1C. The molecule has 1 amide bonds. The molecule has 0 spiro atoms. The lowest BCUT2D eigenvalue weighted by Crippen LogP contribution is -2.30. The van der Waals surface area contributed by atoms with E-state index in [0.717, 1.165) is 12.1 Å². The molecular formula is C19H18ClF3N2O4. The molecule has 156 valence electrons. The zero-order chi connectivity index (χ0) is 22.1. The Labute approximate surface area is 169 Å². The molecule has 2 aromatic rings. The van der Waals surface area contributed by atoms with Gasteiger partial charge >= 0.3 is 12.1 Å². The molecule has 1 heterocycles. The van der Waals surface area contributed by atoms with Crippen LogP contribution >= 0.6 is 11.6 Å². The highest BCUT2D eigenvalue weighted by Gasteiger charge is 2.31. The van der Waals surface area contributed by atoms with E-state index in [-0.39, 0.29) is 22.2 Å². The fourth-order valence-corrected chi connectivity index (χ4v) is 2.95. The minimum atomic E-state index is -4.61. The van der Waals surface area contributed by atoms with E-state index in [9.17, 15) is 27.6 Å². The summed E-state index contributed by atoms with van der Waals surface area (Å²) in [6.07, 6.45) is -5.95. The number of rotatable bonds is 5. The van der Waals surface area contributed by atoms with Crippen LogP contribution in [-0.4, -0.2) is 28.7 Å². The largest absolute Gasteiger partial charge is 0.448 e. The first-order valence-corrected chi connectivity index (χ1v) is 8.79.